The second-order valence-electron chi connectivity index (χ2n) is 4.46. The highest BCUT2D eigenvalue weighted by molar-refractivity contribution is 5.16. The van der Waals surface area contributed by atoms with Gasteiger partial charge in [0.05, 0.1) is 0 Å². The van der Waals surface area contributed by atoms with E-state index in [1.54, 1.807) is 0 Å². The van der Waals surface area contributed by atoms with Crippen LogP contribution in [-0.2, 0) is 0 Å². The molecule has 0 bridgehead atoms. The first-order valence-corrected chi connectivity index (χ1v) is 5.14. The van der Waals surface area contributed by atoms with Crippen LogP contribution in [0.15, 0.2) is 24.3 Å². The molecule has 4 atom stereocenters. The van der Waals surface area contributed by atoms with Crippen molar-refractivity contribution in [3.63, 3.8) is 0 Å². The van der Waals surface area contributed by atoms with Crippen LogP contribution in [0.25, 0.3) is 0 Å². The molecule has 4 unspecified atom stereocenters. The van der Waals surface area contributed by atoms with Crippen LogP contribution in [0.1, 0.15) is 26.7 Å². The quantitative estimate of drug-likeness (QED) is 0.512. The average molecular weight is 162 g/mol. The zero-order chi connectivity index (χ0) is 8.55. The van der Waals surface area contributed by atoms with Crippen LogP contribution >= 0.6 is 0 Å². The van der Waals surface area contributed by atoms with Gasteiger partial charge < -0.3 is 0 Å². The van der Waals surface area contributed by atoms with E-state index in [2.05, 4.69) is 38.2 Å². The van der Waals surface area contributed by atoms with Crippen molar-refractivity contribution in [1.82, 2.24) is 0 Å². The molecule has 0 aromatic carbocycles. The Labute approximate surface area is 75.4 Å². The molecule has 0 aliphatic heterocycles. The molecule has 0 nitrogen and oxygen atoms in total. The van der Waals surface area contributed by atoms with E-state index in [0.717, 1.165) is 23.7 Å². The summed E-state index contributed by atoms with van der Waals surface area (Å²) in [5.74, 6) is 3.46. The summed E-state index contributed by atoms with van der Waals surface area (Å²) in [5, 5.41) is 0. The zero-order valence-corrected chi connectivity index (χ0v) is 8.03. The minimum Gasteiger partial charge on any atom is -0.0806 e. The molecule has 0 aromatic heterocycles. The number of allylic oxidation sites excluding steroid dienone is 4. The Bertz CT molecular complexity index is 188. The number of rotatable bonds is 0. The first-order chi connectivity index (χ1) is 5.79. The van der Waals surface area contributed by atoms with E-state index < -0.39 is 0 Å². The summed E-state index contributed by atoms with van der Waals surface area (Å²) in [6.07, 6.45) is 12.1. The second-order valence-corrected chi connectivity index (χ2v) is 4.46. The van der Waals surface area contributed by atoms with Gasteiger partial charge in [-0.1, -0.05) is 38.2 Å². The Balaban J connectivity index is 2.18. The Morgan fingerprint density at radius 1 is 0.833 bits per heavy atom. The summed E-state index contributed by atoms with van der Waals surface area (Å²) >= 11 is 0. The summed E-state index contributed by atoms with van der Waals surface area (Å²) in [7, 11) is 0. The minimum absolute atomic E-state index is 0.832. The number of hydrogen-bond acceptors (Lipinski definition) is 0. The molecule has 12 heavy (non-hydrogen) atoms. The molecule has 1 saturated carbocycles. The lowest BCUT2D eigenvalue weighted by atomic mass is 9.66. The van der Waals surface area contributed by atoms with Crippen molar-refractivity contribution < 1.29 is 0 Å². The fourth-order valence-corrected chi connectivity index (χ4v) is 2.69. The molecule has 0 saturated heterocycles. The van der Waals surface area contributed by atoms with Gasteiger partial charge in [0.25, 0.3) is 0 Å². The molecule has 0 N–H and O–H groups in total. The smallest absolute Gasteiger partial charge is 0.0139 e. The van der Waals surface area contributed by atoms with Crippen LogP contribution < -0.4 is 0 Å². The fraction of sp³-hybridized carbons (Fsp3) is 0.667. The van der Waals surface area contributed by atoms with Crippen molar-refractivity contribution in [2.24, 2.45) is 23.7 Å². The molecule has 0 heterocycles. The lowest BCUT2D eigenvalue weighted by Gasteiger charge is -2.39. The summed E-state index contributed by atoms with van der Waals surface area (Å²) in [6.45, 7) is 4.79. The summed E-state index contributed by atoms with van der Waals surface area (Å²) < 4.78 is 0. The van der Waals surface area contributed by atoms with E-state index in [9.17, 15) is 0 Å². The van der Waals surface area contributed by atoms with E-state index in [0.29, 0.717) is 0 Å². The van der Waals surface area contributed by atoms with Gasteiger partial charge in [0.1, 0.15) is 0 Å². The molecular weight excluding hydrogens is 144 g/mol. The van der Waals surface area contributed by atoms with Crippen LogP contribution in [0.2, 0.25) is 0 Å². The van der Waals surface area contributed by atoms with Gasteiger partial charge >= 0.3 is 0 Å². The number of hydrogen-bond donors (Lipinski definition) is 0. The molecule has 0 heteroatoms. The van der Waals surface area contributed by atoms with Crippen molar-refractivity contribution in [3.05, 3.63) is 24.3 Å². The van der Waals surface area contributed by atoms with Crippen LogP contribution in [0, 0.1) is 23.7 Å². The van der Waals surface area contributed by atoms with Gasteiger partial charge in [-0.2, -0.15) is 0 Å². The standard InChI is InChI=1S/C12H18/c1-9-7-8-10(2)12-6-4-3-5-11(9)12/h3-6,9-12H,7-8H2,1-2H3. The highest BCUT2D eigenvalue weighted by atomic mass is 14.4. The van der Waals surface area contributed by atoms with Crippen molar-refractivity contribution in [3.8, 4) is 0 Å². The third-order valence-electron chi connectivity index (χ3n) is 3.61. The summed E-state index contributed by atoms with van der Waals surface area (Å²) in [5.41, 5.74) is 0. The molecule has 0 aromatic rings. The van der Waals surface area contributed by atoms with Gasteiger partial charge in [0, 0.05) is 0 Å². The molecule has 1 fully saturated rings. The van der Waals surface area contributed by atoms with Crippen LogP contribution in [0.3, 0.4) is 0 Å². The van der Waals surface area contributed by atoms with Gasteiger partial charge in [-0.15, -0.1) is 0 Å². The maximum absolute atomic E-state index is 2.41. The lowest BCUT2D eigenvalue weighted by molar-refractivity contribution is 0.179. The van der Waals surface area contributed by atoms with Gasteiger partial charge in [-0.3, -0.25) is 0 Å². The second kappa shape index (κ2) is 3.08. The Morgan fingerprint density at radius 3 is 1.67 bits per heavy atom. The first kappa shape index (κ1) is 8.10. The van der Waals surface area contributed by atoms with E-state index in [4.69, 9.17) is 0 Å². The van der Waals surface area contributed by atoms with Crippen LogP contribution in [0.4, 0.5) is 0 Å². The molecule has 66 valence electrons. The van der Waals surface area contributed by atoms with Crippen LogP contribution in [-0.4, -0.2) is 0 Å². The largest absolute Gasteiger partial charge is 0.0806 e. The summed E-state index contributed by atoms with van der Waals surface area (Å²) in [6, 6.07) is 0. The molecule has 2 aliphatic rings. The minimum atomic E-state index is 0.832. The van der Waals surface area contributed by atoms with Gasteiger partial charge in [-0.25, -0.2) is 0 Å². The van der Waals surface area contributed by atoms with Gasteiger partial charge in [0.2, 0.25) is 0 Å². The third kappa shape index (κ3) is 1.24. The Kier molecular flexibility index (Phi) is 2.08. The first-order valence-electron chi connectivity index (χ1n) is 5.14. The topological polar surface area (TPSA) is 0 Å². The average Bonchev–Trinajstić information content (AvgIpc) is 2.12. The molecule has 2 rings (SSSR count). The molecule has 0 radical (unpaired) electrons. The molecule has 2 aliphatic carbocycles. The number of fused-ring (bicyclic) bond motifs is 1. The maximum Gasteiger partial charge on any atom is -0.0139 e. The Morgan fingerprint density at radius 2 is 1.25 bits per heavy atom. The SMILES string of the molecule is CC1CCC(C)C2C=CC=CC12. The van der Waals surface area contributed by atoms with E-state index in [1.807, 2.05) is 0 Å². The van der Waals surface area contributed by atoms with Crippen molar-refractivity contribution in [2.75, 3.05) is 0 Å². The van der Waals surface area contributed by atoms with Crippen LogP contribution in [0.5, 0.6) is 0 Å². The van der Waals surface area contributed by atoms with Crippen molar-refractivity contribution >= 4 is 0 Å². The van der Waals surface area contributed by atoms with Gasteiger partial charge in [-0.05, 0) is 36.5 Å². The van der Waals surface area contributed by atoms with E-state index >= 15 is 0 Å². The normalized spacial score (nSPS) is 45.8. The predicted molar refractivity (Wildman–Crippen MR) is 52.8 cm³/mol. The fourth-order valence-electron chi connectivity index (χ4n) is 2.69. The van der Waals surface area contributed by atoms with Crippen molar-refractivity contribution in [2.45, 2.75) is 26.7 Å². The lowest BCUT2D eigenvalue weighted by Crippen LogP contribution is -2.30. The molecule has 0 spiro atoms. The maximum atomic E-state index is 2.41. The van der Waals surface area contributed by atoms with E-state index in [1.165, 1.54) is 12.8 Å². The highest BCUT2D eigenvalue weighted by Gasteiger charge is 2.32. The molecular formula is C12H18. The zero-order valence-electron chi connectivity index (χ0n) is 8.03. The summed E-state index contributed by atoms with van der Waals surface area (Å²) in [4.78, 5) is 0. The monoisotopic (exact) mass is 162 g/mol. The van der Waals surface area contributed by atoms with E-state index in [-0.39, 0.29) is 0 Å². The third-order valence-corrected chi connectivity index (χ3v) is 3.61. The molecule has 0 amide bonds. The highest BCUT2D eigenvalue weighted by Crippen LogP contribution is 2.41. The Hall–Kier alpha value is -0.520. The van der Waals surface area contributed by atoms with Crippen molar-refractivity contribution in [1.29, 1.82) is 0 Å². The van der Waals surface area contributed by atoms with Gasteiger partial charge in [0.15, 0.2) is 0 Å². The predicted octanol–water partition coefficient (Wildman–Crippen LogP) is 3.41.